The van der Waals surface area contributed by atoms with Crippen LogP contribution >= 0.6 is 0 Å². The highest BCUT2D eigenvalue weighted by atomic mass is 15.2. The van der Waals surface area contributed by atoms with E-state index in [1.54, 1.807) is 0 Å². The molecule has 2 nitrogen and oxygen atoms in total. The normalized spacial score (nSPS) is 33.2. The summed E-state index contributed by atoms with van der Waals surface area (Å²) in [5, 5.41) is 3.43. The minimum Gasteiger partial charge on any atom is -0.304 e. The third-order valence-corrected chi connectivity index (χ3v) is 2.51. The van der Waals surface area contributed by atoms with Crippen molar-refractivity contribution in [2.24, 2.45) is 5.92 Å². The van der Waals surface area contributed by atoms with E-state index >= 15 is 0 Å². The van der Waals surface area contributed by atoms with Crippen molar-refractivity contribution in [3.05, 3.63) is 0 Å². The number of likely N-dealkylation sites (N-methyl/N-ethyl adjacent to an activating group) is 1. The molecule has 1 aliphatic heterocycles. The van der Waals surface area contributed by atoms with Crippen molar-refractivity contribution in [3.63, 3.8) is 0 Å². The smallest absolute Gasteiger partial charge is 0.0660 e. The second kappa shape index (κ2) is 3.93. The van der Waals surface area contributed by atoms with Gasteiger partial charge in [0.15, 0.2) is 0 Å². The molecule has 3 unspecified atom stereocenters. The number of terminal acetylenes is 1. The van der Waals surface area contributed by atoms with Crippen LogP contribution in [0.5, 0.6) is 0 Å². The molecular formula is C10H18N2. The van der Waals surface area contributed by atoms with E-state index in [9.17, 15) is 0 Å². The van der Waals surface area contributed by atoms with Crippen LogP contribution in [0.15, 0.2) is 0 Å². The van der Waals surface area contributed by atoms with Crippen LogP contribution in [-0.4, -0.2) is 37.1 Å². The van der Waals surface area contributed by atoms with Gasteiger partial charge in [-0.15, -0.1) is 6.42 Å². The first-order valence-corrected chi connectivity index (χ1v) is 4.54. The van der Waals surface area contributed by atoms with Crippen LogP contribution in [0.2, 0.25) is 0 Å². The molecule has 0 aromatic carbocycles. The quantitative estimate of drug-likeness (QED) is 0.603. The monoisotopic (exact) mass is 166 g/mol. The summed E-state index contributed by atoms with van der Waals surface area (Å²) < 4.78 is 0. The molecule has 1 saturated heterocycles. The number of nitrogens with zero attached hydrogens (tertiary/aromatic N) is 1. The SMILES string of the molecule is C#CC(C)NC1CN(C)CC1C. The lowest BCUT2D eigenvalue weighted by atomic mass is 10.1. The summed E-state index contributed by atoms with van der Waals surface area (Å²) in [5.74, 6) is 3.41. The zero-order valence-electron chi connectivity index (χ0n) is 8.17. The molecular weight excluding hydrogens is 148 g/mol. The highest BCUT2D eigenvalue weighted by Crippen LogP contribution is 2.14. The van der Waals surface area contributed by atoms with Crippen molar-refractivity contribution < 1.29 is 0 Å². The van der Waals surface area contributed by atoms with E-state index in [1.165, 1.54) is 6.54 Å². The van der Waals surface area contributed by atoms with E-state index in [1.807, 2.05) is 6.92 Å². The molecule has 0 aromatic heterocycles. The molecule has 0 bridgehead atoms. The first-order valence-electron chi connectivity index (χ1n) is 4.54. The van der Waals surface area contributed by atoms with Gasteiger partial charge in [-0.1, -0.05) is 12.8 Å². The van der Waals surface area contributed by atoms with Gasteiger partial charge in [-0.3, -0.25) is 5.32 Å². The van der Waals surface area contributed by atoms with Crippen molar-refractivity contribution in [2.45, 2.75) is 25.9 Å². The van der Waals surface area contributed by atoms with E-state index in [0.717, 1.165) is 6.54 Å². The molecule has 3 atom stereocenters. The molecule has 0 aliphatic carbocycles. The number of hydrogen-bond donors (Lipinski definition) is 1. The Morgan fingerprint density at radius 3 is 2.67 bits per heavy atom. The van der Waals surface area contributed by atoms with E-state index in [0.29, 0.717) is 12.0 Å². The average molecular weight is 166 g/mol. The fourth-order valence-corrected chi connectivity index (χ4v) is 1.80. The summed E-state index contributed by atoms with van der Waals surface area (Å²) in [7, 11) is 2.15. The maximum atomic E-state index is 5.30. The molecule has 2 heteroatoms. The minimum atomic E-state index is 0.198. The molecule has 0 spiro atoms. The van der Waals surface area contributed by atoms with Gasteiger partial charge in [-0.25, -0.2) is 0 Å². The highest BCUT2D eigenvalue weighted by molar-refractivity contribution is 4.99. The maximum absolute atomic E-state index is 5.30. The molecule has 0 radical (unpaired) electrons. The Morgan fingerprint density at radius 2 is 2.25 bits per heavy atom. The first kappa shape index (κ1) is 9.57. The van der Waals surface area contributed by atoms with Gasteiger partial charge in [0.05, 0.1) is 6.04 Å². The van der Waals surface area contributed by atoms with Gasteiger partial charge in [0.2, 0.25) is 0 Å². The lowest BCUT2D eigenvalue weighted by Crippen LogP contribution is -2.40. The minimum absolute atomic E-state index is 0.198. The summed E-state index contributed by atoms with van der Waals surface area (Å²) in [4.78, 5) is 2.34. The Morgan fingerprint density at radius 1 is 1.58 bits per heavy atom. The Balaban J connectivity index is 2.39. The van der Waals surface area contributed by atoms with Gasteiger partial charge in [-0.2, -0.15) is 0 Å². The molecule has 0 aromatic rings. The number of likely N-dealkylation sites (tertiary alicyclic amines) is 1. The molecule has 1 aliphatic rings. The van der Waals surface area contributed by atoms with E-state index in [4.69, 9.17) is 6.42 Å². The molecule has 0 amide bonds. The first-order chi connectivity index (χ1) is 5.63. The van der Waals surface area contributed by atoms with Crippen LogP contribution in [0.25, 0.3) is 0 Å². The molecule has 1 fully saturated rings. The van der Waals surface area contributed by atoms with Gasteiger partial charge in [0, 0.05) is 19.1 Å². The van der Waals surface area contributed by atoms with E-state index in [2.05, 4.69) is 30.1 Å². The van der Waals surface area contributed by atoms with Gasteiger partial charge in [0.1, 0.15) is 0 Å². The van der Waals surface area contributed by atoms with Gasteiger partial charge in [0.25, 0.3) is 0 Å². The summed E-state index contributed by atoms with van der Waals surface area (Å²) in [6, 6.07) is 0.769. The van der Waals surface area contributed by atoms with Crippen molar-refractivity contribution in [1.82, 2.24) is 10.2 Å². The van der Waals surface area contributed by atoms with Crippen LogP contribution < -0.4 is 5.32 Å². The molecule has 1 heterocycles. The van der Waals surface area contributed by atoms with Crippen molar-refractivity contribution >= 4 is 0 Å². The summed E-state index contributed by atoms with van der Waals surface area (Å²) in [5.41, 5.74) is 0. The third-order valence-electron chi connectivity index (χ3n) is 2.51. The highest BCUT2D eigenvalue weighted by Gasteiger charge is 2.27. The lowest BCUT2D eigenvalue weighted by molar-refractivity contribution is 0.394. The average Bonchev–Trinajstić information content (AvgIpc) is 2.30. The lowest BCUT2D eigenvalue weighted by Gasteiger charge is -2.18. The Bertz CT molecular complexity index is 183. The van der Waals surface area contributed by atoms with E-state index in [-0.39, 0.29) is 6.04 Å². The number of hydrogen-bond acceptors (Lipinski definition) is 2. The maximum Gasteiger partial charge on any atom is 0.0660 e. The predicted molar refractivity (Wildman–Crippen MR) is 51.9 cm³/mol. The van der Waals surface area contributed by atoms with Crippen LogP contribution in [0.3, 0.4) is 0 Å². The van der Waals surface area contributed by atoms with Gasteiger partial charge in [-0.05, 0) is 19.9 Å². The third kappa shape index (κ3) is 2.23. The standard InChI is InChI=1S/C10H18N2/c1-5-9(3)11-10-7-12(4)6-8(10)2/h1,8-11H,6-7H2,2-4H3. The zero-order chi connectivity index (χ0) is 9.14. The molecule has 1 rings (SSSR count). The van der Waals surface area contributed by atoms with Crippen LogP contribution in [0.4, 0.5) is 0 Å². The fourth-order valence-electron chi connectivity index (χ4n) is 1.80. The van der Waals surface area contributed by atoms with E-state index < -0.39 is 0 Å². The van der Waals surface area contributed by atoms with Crippen LogP contribution in [-0.2, 0) is 0 Å². The van der Waals surface area contributed by atoms with Crippen LogP contribution in [0, 0.1) is 18.3 Å². The largest absolute Gasteiger partial charge is 0.304 e. The number of nitrogens with one attached hydrogen (secondary N) is 1. The Kier molecular flexibility index (Phi) is 3.13. The second-order valence-electron chi connectivity index (χ2n) is 3.86. The molecule has 0 saturated carbocycles. The zero-order valence-corrected chi connectivity index (χ0v) is 8.17. The summed E-state index contributed by atoms with van der Waals surface area (Å²) in [6.07, 6.45) is 5.30. The van der Waals surface area contributed by atoms with Gasteiger partial charge >= 0.3 is 0 Å². The Labute approximate surface area is 75.3 Å². The van der Waals surface area contributed by atoms with Crippen LogP contribution in [0.1, 0.15) is 13.8 Å². The molecule has 12 heavy (non-hydrogen) atoms. The van der Waals surface area contributed by atoms with Crippen molar-refractivity contribution in [1.29, 1.82) is 0 Å². The van der Waals surface area contributed by atoms with Crippen molar-refractivity contribution in [2.75, 3.05) is 20.1 Å². The topological polar surface area (TPSA) is 15.3 Å². The fraction of sp³-hybridized carbons (Fsp3) is 0.800. The summed E-state index contributed by atoms with van der Waals surface area (Å²) >= 11 is 0. The number of rotatable bonds is 2. The van der Waals surface area contributed by atoms with Crippen molar-refractivity contribution in [3.8, 4) is 12.3 Å². The molecule has 68 valence electrons. The Hall–Kier alpha value is -0.520. The molecule has 1 N–H and O–H groups in total. The van der Waals surface area contributed by atoms with Gasteiger partial charge < -0.3 is 4.90 Å². The predicted octanol–water partition coefficient (Wildman–Crippen LogP) is 0.548. The second-order valence-corrected chi connectivity index (χ2v) is 3.86. The summed E-state index contributed by atoms with van der Waals surface area (Å²) in [6.45, 7) is 6.59.